The van der Waals surface area contributed by atoms with Gasteiger partial charge in [0.15, 0.2) is 5.17 Å². The summed E-state index contributed by atoms with van der Waals surface area (Å²) in [5.74, 6) is 0.448. The van der Waals surface area contributed by atoms with E-state index in [4.69, 9.17) is 11.1 Å². The van der Waals surface area contributed by atoms with Gasteiger partial charge < -0.3 is 26.0 Å². The highest BCUT2D eigenvalue weighted by atomic mass is 32.2. The molecular formula is C17H31N7OS. The summed E-state index contributed by atoms with van der Waals surface area (Å²) in [5.41, 5.74) is 8.40. The summed E-state index contributed by atoms with van der Waals surface area (Å²) in [4.78, 5) is 25.9. The van der Waals surface area contributed by atoms with Gasteiger partial charge in [-0.2, -0.15) is 0 Å². The van der Waals surface area contributed by atoms with Crippen LogP contribution in [0, 0.1) is 5.41 Å². The third-order valence-corrected chi connectivity index (χ3v) is 5.37. The van der Waals surface area contributed by atoms with Crippen LogP contribution in [0.2, 0.25) is 0 Å². The SMILES string of the molecule is CN1CCN(CCN=C(N)SCC(=N)c2ccc3[nH]c(=O)[nH]c3c2)CC1.[HH].[HH].[HH]. The van der Waals surface area contributed by atoms with E-state index in [0.29, 0.717) is 28.7 Å². The Morgan fingerprint density at radius 3 is 2.81 bits per heavy atom. The van der Waals surface area contributed by atoms with Gasteiger partial charge in [0.1, 0.15) is 0 Å². The van der Waals surface area contributed by atoms with E-state index in [2.05, 4.69) is 31.8 Å². The Balaban J connectivity index is 0.00000261. The molecule has 1 aliphatic rings. The summed E-state index contributed by atoms with van der Waals surface area (Å²) in [6.07, 6.45) is 0. The van der Waals surface area contributed by atoms with Crippen molar-refractivity contribution in [2.75, 3.05) is 52.1 Å². The van der Waals surface area contributed by atoms with Gasteiger partial charge in [0, 0.05) is 48.5 Å². The monoisotopic (exact) mass is 381 g/mol. The standard InChI is InChI=1S/C17H25N7OS.3H2/c1-23-6-8-24(9-7-23)5-4-20-16(19)26-11-13(18)12-2-3-14-15(10-12)22-17(25)21-14;;;/h2-3,10,18H,4-9,11H2,1H3,(H2,19,20)(H2,21,22,25);3*1H. The van der Waals surface area contributed by atoms with Gasteiger partial charge in [-0.3, -0.25) is 9.89 Å². The van der Waals surface area contributed by atoms with Gasteiger partial charge in [-0.1, -0.05) is 17.8 Å². The zero-order valence-electron chi connectivity index (χ0n) is 14.9. The van der Waals surface area contributed by atoms with Crippen LogP contribution in [-0.2, 0) is 0 Å². The first-order valence-corrected chi connectivity index (χ1v) is 9.63. The molecule has 1 fully saturated rings. The quantitative estimate of drug-likeness (QED) is 0.444. The molecule has 1 aliphatic heterocycles. The number of hydrogen-bond acceptors (Lipinski definition) is 6. The van der Waals surface area contributed by atoms with E-state index >= 15 is 0 Å². The predicted octanol–water partition coefficient (Wildman–Crippen LogP) is 1.26. The van der Waals surface area contributed by atoms with E-state index < -0.39 is 0 Å². The number of hydrogen-bond donors (Lipinski definition) is 4. The molecule has 5 N–H and O–H groups in total. The molecule has 0 atom stereocenters. The Hall–Kier alpha value is -2.10. The molecular weight excluding hydrogens is 350 g/mol. The third-order valence-electron chi connectivity index (χ3n) is 4.51. The second-order valence-corrected chi connectivity index (χ2v) is 7.47. The van der Waals surface area contributed by atoms with Crippen LogP contribution >= 0.6 is 11.8 Å². The summed E-state index contributed by atoms with van der Waals surface area (Å²) < 4.78 is 0. The largest absolute Gasteiger partial charge is 0.379 e. The zero-order valence-corrected chi connectivity index (χ0v) is 15.7. The van der Waals surface area contributed by atoms with E-state index in [9.17, 15) is 4.79 Å². The molecule has 0 amide bonds. The molecule has 146 valence electrons. The number of aromatic amines is 2. The Morgan fingerprint density at radius 2 is 2.04 bits per heavy atom. The Morgan fingerprint density at radius 1 is 1.31 bits per heavy atom. The minimum absolute atomic E-state index is 0. The van der Waals surface area contributed by atoms with Gasteiger partial charge in [0.05, 0.1) is 17.6 Å². The number of likely N-dealkylation sites (N-methyl/N-ethyl adjacent to an activating group) is 1. The van der Waals surface area contributed by atoms with Gasteiger partial charge in [0.25, 0.3) is 0 Å². The first-order valence-electron chi connectivity index (χ1n) is 8.65. The molecule has 3 rings (SSSR count). The van der Waals surface area contributed by atoms with Crippen LogP contribution in [-0.4, -0.2) is 82.7 Å². The lowest BCUT2D eigenvalue weighted by Crippen LogP contribution is -2.45. The van der Waals surface area contributed by atoms with E-state index in [1.165, 1.54) is 11.8 Å². The molecule has 0 radical (unpaired) electrons. The number of amidine groups is 1. The molecule has 2 aromatic rings. The van der Waals surface area contributed by atoms with Gasteiger partial charge in [-0.15, -0.1) is 0 Å². The molecule has 0 unspecified atom stereocenters. The molecule has 8 nitrogen and oxygen atoms in total. The molecule has 2 heterocycles. The Labute approximate surface area is 160 Å². The molecule has 1 saturated heterocycles. The predicted molar refractivity (Wildman–Crippen MR) is 115 cm³/mol. The molecule has 9 heteroatoms. The highest BCUT2D eigenvalue weighted by Crippen LogP contribution is 2.13. The lowest BCUT2D eigenvalue weighted by Gasteiger charge is -2.31. The lowest BCUT2D eigenvalue weighted by molar-refractivity contribution is 0.157. The van der Waals surface area contributed by atoms with E-state index in [-0.39, 0.29) is 9.97 Å². The molecule has 1 aromatic heterocycles. The number of nitrogens with two attached hydrogens (primary N) is 1. The van der Waals surface area contributed by atoms with Crippen molar-refractivity contribution in [3.63, 3.8) is 0 Å². The van der Waals surface area contributed by atoms with Crippen molar-refractivity contribution in [2.24, 2.45) is 10.7 Å². The van der Waals surface area contributed by atoms with Crippen molar-refractivity contribution in [1.82, 2.24) is 19.8 Å². The summed E-state index contributed by atoms with van der Waals surface area (Å²) in [6.45, 7) is 5.96. The van der Waals surface area contributed by atoms with Gasteiger partial charge in [0.2, 0.25) is 0 Å². The molecule has 0 aliphatic carbocycles. The topological polar surface area (TPSA) is 117 Å². The zero-order chi connectivity index (χ0) is 18.5. The number of imidazole rings is 1. The maximum atomic E-state index is 11.3. The molecule has 0 bridgehead atoms. The second kappa shape index (κ2) is 8.52. The number of thioether (sulfide) groups is 1. The first kappa shape index (κ1) is 18.7. The van der Waals surface area contributed by atoms with Crippen molar-refractivity contribution in [3.8, 4) is 0 Å². The number of nitrogens with zero attached hydrogens (tertiary/aromatic N) is 3. The molecule has 0 saturated carbocycles. The van der Waals surface area contributed by atoms with E-state index in [1.54, 1.807) is 12.1 Å². The normalized spacial score (nSPS) is 17.0. The minimum Gasteiger partial charge on any atom is -0.379 e. The Kier molecular flexibility index (Phi) is 6.12. The van der Waals surface area contributed by atoms with Crippen molar-refractivity contribution in [3.05, 3.63) is 34.2 Å². The van der Waals surface area contributed by atoms with Crippen LogP contribution < -0.4 is 11.4 Å². The van der Waals surface area contributed by atoms with Gasteiger partial charge >= 0.3 is 5.69 Å². The average Bonchev–Trinajstić information content (AvgIpc) is 3.00. The molecule has 0 spiro atoms. The highest BCUT2D eigenvalue weighted by molar-refractivity contribution is 8.14. The van der Waals surface area contributed by atoms with E-state index in [1.807, 2.05) is 6.07 Å². The van der Waals surface area contributed by atoms with Crippen LogP contribution in [0.5, 0.6) is 0 Å². The van der Waals surface area contributed by atoms with Crippen LogP contribution in [0.4, 0.5) is 0 Å². The Bertz CT molecular complexity index is 862. The fourth-order valence-corrected chi connectivity index (χ4v) is 3.51. The summed E-state index contributed by atoms with van der Waals surface area (Å²) in [7, 11) is 2.14. The maximum Gasteiger partial charge on any atom is 0.323 e. The fourth-order valence-electron chi connectivity index (χ4n) is 2.87. The van der Waals surface area contributed by atoms with Gasteiger partial charge in [-0.05, 0) is 24.7 Å². The number of aromatic nitrogens is 2. The van der Waals surface area contributed by atoms with E-state index in [0.717, 1.165) is 43.8 Å². The van der Waals surface area contributed by atoms with Crippen LogP contribution in [0.15, 0.2) is 28.0 Å². The smallest absolute Gasteiger partial charge is 0.323 e. The maximum absolute atomic E-state index is 11.3. The average molecular weight is 382 g/mol. The third kappa shape index (κ3) is 4.96. The van der Waals surface area contributed by atoms with Crippen LogP contribution in [0.1, 0.15) is 9.84 Å². The minimum atomic E-state index is -0.241. The number of rotatable bonds is 6. The van der Waals surface area contributed by atoms with Crippen molar-refractivity contribution in [2.45, 2.75) is 0 Å². The number of piperazine rings is 1. The van der Waals surface area contributed by atoms with Gasteiger partial charge in [-0.25, -0.2) is 4.79 Å². The number of benzene rings is 1. The lowest BCUT2D eigenvalue weighted by atomic mass is 10.1. The van der Waals surface area contributed by atoms with Crippen LogP contribution in [0.25, 0.3) is 11.0 Å². The summed E-state index contributed by atoms with van der Waals surface area (Å²) >= 11 is 1.37. The highest BCUT2D eigenvalue weighted by Gasteiger charge is 2.12. The van der Waals surface area contributed by atoms with Crippen LogP contribution in [0.3, 0.4) is 0 Å². The number of H-pyrrole nitrogens is 2. The number of nitrogens with one attached hydrogen (secondary N) is 3. The van der Waals surface area contributed by atoms with Crippen molar-refractivity contribution >= 4 is 33.7 Å². The van der Waals surface area contributed by atoms with Crippen molar-refractivity contribution in [1.29, 1.82) is 5.41 Å². The summed E-state index contributed by atoms with van der Waals surface area (Å²) in [6, 6.07) is 5.43. The number of aliphatic imine (C=N–C) groups is 1. The molecule has 26 heavy (non-hydrogen) atoms. The van der Waals surface area contributed by atoms with Crippen molar-refractivity contribution < 1.29 is 4.28 Å². The summed E-state index contributed by atoms with van der Waals surface area (Å²) in [5, 5.41) is 8.73. The number of fused-ring (bicyclic) bond motifs is 1. The second-order valence-electron chi connectivity index (χ2n) is 6.47. The molecule has 1 aromatic carbocycles. The first-order chi connectivity index (χ1) is 12.5. The fraction of sp³-hybridized carbons (Fsp3) is 0.471.